The summed E-state index contributed by atoms with van der Waals surface area (Å²) in [5.74, 6) is 0.220. The number of fused-ring (bicyclic) bond motifs is 1. The number of rotatable bonds is 2. The Hall–Kier alpha value is -2.24. The minimum absolute atomic E-state index is 0.101. The molecule has 7 heteroatoms. The molecule has 1 N–H and O–H groups in total. The molecule has 4 rings (SSSR count). The van der Waals surface area contributed by atoms with Crippen LogP contribution in [0.15, 0.2) is 42.5 Å². The standard InChI is InChI=1S/C18H16Cl2N4O/c19-13-10-15-16(11-14(13)20)22-17(21-15)18(25)24-8-6-23(7-9-24)12-4-2-1-3-5-12/h1-5,10-11H,6-9H2,(H,21,22). The summed E-state index contributed by atoms with van der Waals surface area (Å²) in [7, 11) is 0. The molecule has 0 spiro atoms. The molecular formula is C18H16Cl2N4O. The normalized spacial score (nSPS) is 15.0. The number of para-hydroxylation sites is 1. The number of aromatic amines is 1. The first-order valence-corrected chi connectivity index (χ1v) is 8.81. The molecule has 1 fully saturated rings. The Kier molecular flexibility index (Phi) is 4.27. The number of hydrogen-bond donors (Lipinski definition) is 1. The van der Waals surface area contributed by atoms with E-state index in [2.05, 4.69) is 27.0 Å². The highest BCUT2D eigenvalue weighted by Crippen LogP contribution is 2.27. The molecule has 1 saturated heterocycles. The smallest absolute Gasteiger partial charge is 0.289 e. The van der Waals surface area contributed by atoms with Gasteiger partial charge in [-0.2, -0.15) is 0 Å². The van der Waals surface area contributed by atoms with Crippen LogP contribution in [-0.4, -0.2) is 47.0 Å². The van der Waals surface area contributed by atoms with Crippen LogP contribution in [0.1, 0.15) is 10.6 Å². The van der Waals surface area contributed by atoms with Gasteiger partial charge in [0.2, 0.25) is 0 Å². The van der Waals surface area contributed by atoms with Gasteiger partial charge in [-0.3, -0.25) is 4.79 Å². The van der Waals surface area contributed by atoms with Gasteiger partial charge in [-0.15, -0.1) is 0 Å². The van der Waals surface area contributed by atoms with Crippen molar-refractivity contribution in [1.82, 2.24) is 14.9 Å². The van der Waals surface area contributed by atoms with Gasteiger partial charge in [-0.05, 0) is 24.3 Å². The Balaban J connectivity index is 1.49. The molecule has 0 unspecified atom stereocenters. The van der Waals surface area contributed by atoms with Crippen molar-refractivity contribution in [2.24, 2.45) is 0 Å². The van der Waals surface area contributed by atoms with E-state index in [4.69, 9.17) is 23.2 Å². The predicted molar refractivity (Wildman–Crippen MR) is 101 cm³/mol. The van der Waals surface area contributed by atoms with E-state index in [1.165, 1.54) is 5.69 Å². The molecule has 5 nitrogen and oxygen atoms in total. The van der Waals surface area contributed by atoms with E-state index < -0.39 is 0 Å². The fraction of sp³-hybridized carbons (Fsp3) is 0.222. The number of carbonyl (C=O) groups is 1. The lowest BCUT2D eigenvalue weighted by Gasteiger charge is -2.35. The maximum atomic E-state index is 12.7. The number of nitrogens with zero attached hydrogens (tertiary/aromatic N) is 3. The number of hydrogen-bond acceptors (Lipinski definition) is 3. The summed E-state index contributed by atoms with van der Waals surface area (Å²) in [4.78, 5) is 24.2. The zero-order valence-electron chi connectivity index (χ0n) is 13.4. The number of piperazine rings is 1. The van der Waals surface area contributed by atoms with Gasteiger partial charge in [-0.1, -0.05) is 41.4 Å². The topological polar surface area (TPSA) is 52.2 Å². The number of nitrogens with one attached hydrogen (secondary N) is 1. The van der Waals surface area contributed by atoms with Crippen molar-refractivity contribution in [1.29, 1.82) is 0 Å². The third-order valence-electron chi connectivity index (χ3n) is 4.41. The van der Waals surface area contributed by atoms with E-state index in [1.54, 1.807) is 12.1 Å². The first kappa shape index (κ1) is 16.2. The number of halogens is 2. The monoisotopic (exact) mass is 374 g/mol. The summed E-state index contributed by atoms with van der Waals surface area (Å²) in [6.07, 6.45) is 0. The van der Waals surface area contributed by atoms with Crippen LogP contribution < -0.4 is 4.90 Å². The molecule has 0 radical (unpaired) electrons. The Morgan fingerprint density at radius 3 is 2.40 bits per heavy atom. The van der Waals surface area contributed by atoms with Crippen LogP contribution in [0.5, 0.6) is 0 Å². The summed E-state index contributed by atoms with van der Waals surface area (Å²) in [5.41, 5.74) is 2.53. The van der Waals surface area contributed by atoms with Gasteiger partial charge < -0.3 is 14.8 Å². The van der Waals surface area contributed by atoms with E-state index in [9.17, 15) is 4.79 Å². The molecule has 1 aromatic heterocycles. The predicted octanol–water partition coefficient (Wildman–Crippen LogP) is 3.83. The second-order valence-corrected chi connectivity index (χ2v) is 6.80. The maximum Gasteiger partial charge on any atom is 0.289 e. The van der Waals surface area contributed by atoms with Crippen LogP contribution in [0.25, 0.3) is 11.0 Å². The van der Waals surface area contributed by atoms with Crippen molar-refractivity contribution in [3.63, 3.8) is 0 Å². The maximum absolute atomic E-state index is 12.7. The quantitative estimate of drug-likeness (QED) is 0.741. The Morgan fingerprint density at radius 2 is 1.68 bits per heavy atom. The molecule has 1 amide bonds. The first-order valence-electron chi connectivity index (χ1n) is 8.06. The number of imidazole rings is 1. The average Bonchev–Trinajstić information content (AvgIpc) is 3.05. The molecule has 0 atom stereocenters. The third kappa shape index (κ3) is 3.17. The van der Waals surface area contributed by atoms with Crippen molar-refractivity contribution in [3.8, 4) is 0 Å². The molecule has 2 aromatic carbocycles. The first-order chi connectivity index (χ1) is 12.1. The minimum Gasteiger partial charge on any atom is -0.368 e. The number of anilines is 1. The zero-order valence-corrected chi connectivity index (χ0v) is 14.9. The average molecular weight is 375 g/mol. The highest BCUT2D eigenvalue weighted by Gasteiger charge is 2.24. The second-order valence-electron chi connectivity index (χ2n) is 5.98. The van der Waals surface area contributed by atoms with Crippen molar-refractivity contribution in [2.75, 3.05) is 31.1 Å². The number of benzene rings is 2. The molecule has 0 saturated carbocycles. The van der Waals surface area contributed by atoms with E-state index in [1.807, 2.05) is 23.1 Å². The molecule has 0 aliphatic carbocycles. The van der Waals surface area contributed by atoms with Gasteiger partial charge in [0, 0.05) is 31.9 Å². The molecule has 1 aliphatic rings. The van der Waals surface area contributed by atoms with Gasteiger partial charge in [0.25, 0.3) is 5.91 Å². The van der Waals surface area contributed by atoms with E-state index in [0.29, 0.717) is 40.0 Å². The highest BCUT2D eigenvalue weighted by atomic mass is 35.5. The number of carbonyl (C=O) groups excluding carboxylic acids is 1. The molecule has 0 bridgehead atoms. The number of aromatic nitrogens is 2. The van der Waals surface area contributed by atoms with Crippen LogP contribution >= 0.6 is 23.2 Å². The van der Waals surface area contributed by atoms with Crippen LogP contribution in [0, 0.1) is 0 Å². The minimum atomic E-state index is -0.101. The van der Waals surface area contributed by atoms with Crippen LogP contribution in [0.2, 0.25) is 10.0 Å². The fourth-order valence-electron chi connectivity index (χ4n) is 3.06. The van der Waals surface area contributed by atoms with E-state index in [0.717, 1.165) is 13.1 Å². The van der Waals surface area contributed by atoms with Crippen LogP contribution in [0.3, 0.4) is 0 Å². The van der Waals surface area contributed by atoms with Crippen molar-refractivity contribution < 1.29 is 4.79 Å². The number of amides is 1. The lowest BCUT2D eigenvalue weighted by atomic mass is 10.2. The number of H-pyrrole nitrogens is 1. The van der Waals surface area contributed by atoms with Crippen molar-refractivity contribution in [3.05, 3.63) is 58.3 Å². The summed E-state index contributed by atoms with van der Waals surface area (Å²) in [6.45, 7) is 2.92. The highest BCUT2D eigenvalue weighted by molar-refractivity contribution is 6.42. The van der Waals surface area contributed by atoms with E-state index >= 15 is 0 Å². The molecule has 1 aliphatic heterocycles. The van der Waals surface area contributed by atoms with Gasteiger partial charge in [0.15, 0.2) is 5.82 Å². The molecular weight excluding hydrogens is 359 g/mol. The van der Waals surface area contributed by atoms with Crippen LogP contribution in [0.4, 0.5) is 5.69 Å². The molecule has 128 valence electrons. The Morgan fingerprint density at radius 1 is 1.00 bits per heavy atom. The van der Waals surface area contributed by atoms with Crippen LogP contribution in [-0.2, 0) is 0 Å². The summed E-state index contributed by atoms with van der Waals surface area (Å²) < 4.78 is 0. The summed E-state index contributed by atoms with van der Waals surface area (Å²) in [6, 6.07) is 13.6. The third-order valence-corrected chi connectivity index (χ3v) is 5.14. The van der Waals surface area contributed by atoms with E-state index in [-0.39, 0.29) is 5.91 Å². The Labute approximate surface area is 155 Å². The zero-order chi connectivity index (χ0) is 17.4. The van der Waals surface area contributed by atoms with Gasteiger partial charge in [0.1, 0.15) is 0 Å². The lowest BCUT2D eigenvalue weighted by molar-refractivity contribution is 0.0736. The molecule has 3 aromatic rings. The molecule has 2 heterocycles. The second kappa shape index (κ2) is 6.58. The summed E-state index contributed by atoms with van der Waals surface area (Å²) >= 11 is 12.0. The SMILES string of the molecule is O=C(c1nc2cc(Cl)c(Cl)cc2[nH]1)N1CCN(c2ccccc2)CC1. The fourth-order valence-corrected chi connectivity index (χ4v) is 3.38. The Bertz CT molecular complexity index is 878. The van der Waals surface area contributed by atoms with Crippen molar-refractivity contribution in [2.45, 2.75) is 0 Å². The van der Waals surface area contributed by atoms with Gasteiger partial charge in [0.05, 0.1) is 21.1 Å². The largest absolute Gasteiger partial charge is 0.368 e. The lowest BCUT2D eigenvalue weighted by Crippen LogP contribution is -2.49. The molecule has 25 heavy (non-hydrogen) atoms. The van der Waals surface area contributed by atoms with Gasteiger partial charge in [-0.25, -0.2) is 4.98 Å². The van der Waals surface area contributed by atoms with Gasteiger partial charge >= 0.3 is 0 Å². The van der Waals surface area contributed by atoms with Crippen molar-refractivity contribution >= 4 is 45.8 Å². The summed E-state index contributed by atoms with van der Waals surface area (Å²) in [5, 5.41) is 0.865.